The van der Waals surface area contributed by atoms with Gasteiger partial charge in [0, 0.05) is 5.69 Å². The second-order valence-corrected chi connectivity index (χ2v) is 4.50. The maximum absolute atomic E-state index is 13.0. The lowest BCUT2D eigenvalue weighted by Gasteiger charge is -2.13. The Morgan fingerprint density at radius 1 is 1.05 bits per heavy atom. The normalized spacial score (nSPS) is 12.1. The van der Waals surface area contributed by atoms with Crippen LogP contribution in [0.5, 0.6) is 5.75 Å². The fourth-order valence-electron chi connectivity index (χ4n) is 1.76. The molecule has 0 amide bonds. The summed E-state index contributed by atoms with van der Waals surface area (Å²) in [6.45, 7) is -0.0428. The minimum Gasteiger partial charge on any atom is -0.497 e. The van der Waals surface area contributed by atoms with Gasteiger partial charge in [0.05, 0.1) is 13.7 Å². The van der Waals surface area contributed by atoms with Crippen molar-refractivity contribution in [2.45, 2.75) is 12.7 Å². The van der Waals surface area contributed by atoms with Crippen LogP contribution in [0.4, 0.5) is 18.9 Å². The van der Waals surface area contributed by atoms with Gasteiger partial charge in [-0.15, -0.1) is 0 Å². The maximum Gasteiger partial charge on any atom is 0.449 e. The largest absolute Gasteiger partial charge is 0.497 e. The molecule has 116 valence electrons. The van der Waals surface area contributed by atoms with E-state index in [0.29, 0.717) is 17.0 Å². The standard InChI is InChI=1S/C16H15F3N2O/c1-22-14-9-7-13(8-10-14)21-15(16(17,18)19)20-11-12-5-3-2-4-6-12/h2-10H,11H2,1H3,(H,20,21). The predicted octanol–water partition coefficient (Wildman–Crippen LogP) is 4.27. The Hall–Kier alpha value is -2.50. The monoisotopic (exact) mass is 308 g/mol. The molecule has 2 rings (SSSR count). The number of methoxy groups -OCH3 is 1. The summed E-state index contributed by atoms with van der Waals surface area (Å²) in [5.74, 6) is -0.457. The summed E-state index contributed by atoms with van der Waals surface area (Å²) in [5.41, 5.74) is 1.01. The lowest BCUT2D eigenvalue weighted by Crippen LogP contribution is -2.30. The number of hydrogen-bond acceptors (Lipinski definition) is 2. The number of ether oxygens (including phenoxy) is 1. The zero-order chi connectivity index (χ0) is 16.0. The Morgan fingerprint density at radius 3 is 2.23 bits per heavy atom. The van der Waals surface area contributed by atoms with Crippen LogP contribution in [-0.2, 0) is 6.54 Å². The molecule has 0 bridgehead atoms. The molecular weight excluding hydrogens is 293 g/mol. The molecule has 0 saturated heterocycles. The van der Waals surface area contributed by atoms with E-state index in [9.17, 15) is 13.2 Å². The van der Waals surface area contributed by atoms with Crippen LogP contribution in [0.15, 0.2) is 59.6 Å². The van der Waals surface area contributed by atoms with Crippen molar-refractivity contribution in [1.29, 1.82) is 0 Å². The first-order valence-electron chi connectivity index (χ1n) is 6.55. The van der Waals surface area contributed by atoms with Gasteiger partial charge in [0.1, 0.15) is 5.75 Å². The molecule has 0 fully saturated rings. The van der Waals surface area contributed by atoms with E-state index in [-0.39, 0.29) is 6.54 Å². The molecule has 0 atom stereocenters. The number of hydrogen-bond donors (Lipinski definition) is 1. The molecule has 22 heavy (non-hydrogen) atoms. The molecule has 0 saturated carbocycles. The first-order chi connectivity index (χ1) is 10.5. The van der Waals surface area contributed by atoms with Crippen molar-refractivity contribution in [3.63, 3.8) is 0 Å². The number of rotatable bonds is 4. The molecule has 2 aromatic carbocycles. The van der Waals surface area contributed by atoms with Crippen LogP contribution in [0.3, 0.4) is 0 Å². The van der Waals surface area contributed by atoms with Crippen molar-refractivity contribution in [1.82, 2.24) is 0 Å². The third kappa shape index (κ3) is 4.51. The highest BCUT2D eigenvalue weighted by Gasteiger charge is 2.36. The molecule has 2 aromatic rings. The van der Waals surface area contributed by atoms with E-state index in [4.69, 9.17) is 4.74 Å². The van der Waals surface area contributed by atoms with Crippen LogP contribution in [0.1, 0.15) is 5.56 Å². The van der Waals surface area contributed by atoms with Crippen LogP contribution >= 0.6 is 0 Å². The first-order valence-corrected chi connectivity index (χ1v) is 6.55. The smallest absolute Gasteiger partial charge is 0.449 e. The Bertz CT molecular complexity index is 622. The average Bonchev–Trinajstić information content (AvgIpc) is 2.52. The maximum atomic E-state index is 13.0. The van der Waals surface area contributed by atoms with Crippen LogP contribution < -0.4 is 10.1 Å². The van der Waals surface area contributed by atoms with Gasteiger partial charge in [-0.25, -0.2) is 0 Å². The van der Waals surface area contributed by atoms with Crippen LogP contribution in [0.25, 0.3) is 0 Å². The van der Waals surface area contributed by atoms with Gasteiger partial charge in [0.2, 0.25) is 5.84 Å². The van der Waals surface area contributed by atoms with E-state index in [1.807, 2.05) is 0 Å². The Balaban J connectivity index is 2.15. The Labute approximate surface area is 126 Å². The molecule has 6 heteroatoms. The minimum absolute atomic E-state index is 0.0428. The fraction of sp³-hybridized carbons (Fsp3) is 0.188. The number of anilines is 1. The lowest BCUT2D eigenvalue weighted by atomic mass is 10.2. The molecule has 0 spiro atoms. The van der Waals surface area contributed by atoms with Crippen LogP contribution in [-0.4, -0.2) is 19.1 Å². The molecule has 0 aromatic heterocycles. The van der Waals surface area contributed by atoms with Gasteiger partial charge in [0.25, 0.3) is 0 Å². The summed E-state index contributed by atoms with van der Waals surface area (Å²) < 4.78 is 44.1. The third-order valence-corrected chi connectivity index (χ3v) is 2.88. The molecule has 0 aliphatic rings. The topological polar surface area (TPSA) is 33.6 Å². The van der Waals surface area contributed by atoms with Gasteiger partial charge >= 0.3 is 6.18 Å². The molecule has 0 radical (unpaired) electrons. The van der Waals surface area contributed by atoms with Gasteiger partial charge in [-0.2, -0.15) is 13.2 Å². The van der Waals surface area contributed by atoms with Crippen molar-refractivity contribution < 1.29 is 17.9 Å². The number of nitrogens with one attached hydrogen (secondary N) is 1. The lowest BCUT2D eigenvalue weighted by molar-refractivity contribution is -0.0589. The fourth-order valence-corrected chi connectivity index (χ4v) is 1.76. The van der Waals surface area contributed by atoms with Crippen molar-refractivity contribution in [3.05, 3.63) is 60.2 Å². The van der Waals surface area contributed by atoms with Crippen molar-refractivity contribution in [2.24, 2.45) is 4.99 Å². The predicted molar refractivity (Wildman–Crippen MR) is 80.3 cm³/mol. The number of aliphatic imine (C=N–C) groups is 1. The zero-order valence-electron chi connectivity index (χ0n) is 11.9. The van der Waals surface area contributed by atoms with Crippen LogP contribution in [0.2, 0.25) is 0 Å². The van der Waals surface area contributed by atoms with E-state index in [0.717, 1.165) is 0 Å². The van der Waals surface area contributed by atoms with E-state index >= 15 is 0 Å². The highest BCUT2D eigenvalue weighted by Crippen LogP contribution is 2.22. The van der Waals surface area contributed by atoms with Crippen molar-refractivity contribution in [2.75, 3.05) is 12.4 Å². The van der Waals surface area contributed by atoms with Gasteiger partial charge in [0.15, 0.2) is 0 Å². The summed E-state index contributed by atoms with van der Waals surface area (Å²) in [5, 5.41) is 2.31. The number of nitrogens with zero attached hydrogens (tertiary/aromatic N) is 1. The van der Waals surface area contributed by atoms with E-state index in [1.54, 1.807) is 42.5 Å². The summed E-state index contributed by atoms with van der Waals surface area (Å²) in [4.78, 5) is 3.65. The van der Waals surface area contributed by atoms with Gasteiger partial charge < -0.3 is 10.1 Å². The molecule has 0 aliphatic heterocycles. The summed E-state index contributed by atoms with van der Waals surface area (Å²) in [7, 11) is 1.49. The van der Waals surface area contributed by atoms with Gasteiger partial charge in [-0.1, -0.05) is 30.3 Å². The Kier molecular flexibility index (Phi) is 5.04. The summed E-state index contributed by atoms with van der Waals surface area (Å²) >= 11 is 0. The first kappa shape index (κ1) is 15.9. The van der Waals surface area contributed by atoms with E-state index in [2.05, 4.69) is 10.3 Å². The second-order valence-electron chi connectivity index (χ2n) is 4.50. The average molecular weight is 308 g/mol. The highest BCUT2D eigenvalue weighted by molar-refractivity contribution is 5.99. The molecule has 0 aliphatic carbocycles. The van der Waals surface area contributed by atoms with Crippen molar-refractivity contribution in [3.8, 4) is 5.75 Å². The summed E-state index contributed by atoms with van der Waals surface area (Å²) in [6.07, 6.45) is -4.55. The van der Waals surface area contributed by atoms with E-state index in [1.165, 1.54) is 19.2 Å². The Morgan fingerprint density at radius 2 is 1.68 bits per heavy atom. The molecule has 3 nitrogen and oxygen atoms in total. The van der Waals surface area contributed by atoms with Gasteiger partial charge in [-0.05, 0) is 29.8 Å². The second kappa shape index (κ2) is 6.98. The van der Waals surface area contributed by atoms with Crippen molar-refractivity contribution >= 4 is 11.5 Å². The van der Waals surface area contributed by atoms with E-state index < -0.39 is 12.0 Å². The summed E-state index contributed by atoms with van der Waals surface area (Å²) in [6, 6.07) is 14.9. The number of halogens is 3. The minimum atomic E-state index is -4.55. The quantitative estimate of drug-likeness (QED) is 0.676. The number of alkyl halides is 3. The molecule has 0 heterocycles. The zero-order valence-corrected chi connectivity index (χ0v) is 11.9. The molecule has 1 N–H and O–H groups in total. The highest BCUT2D eigenvalue weighted by atomic mass is 19.4. The third-order valence-electron chi connectivity index (χ3n) is 2.88. The SMILES string of the molecule is COc1ccc(NC(=NCc2ccccc2)C(F)(F)F)cc1. The number of benzene rings is 2. The molecule has 0 unspecified atom stereocenters. The van der Waals surface area contributed by atoms with Gasteiger partial charge in [-0.3, -0.25) is 4.99 Å². The number of amidine groups is 1. The van der Waals surface area contributed by atoms with Crippen LogP contribution in [0, 0.1) is 0 Å². The molecular formula is C16H15F3N2O.